The molecule has 0 saturated carbocycles. The van der Waals surface area contributed by atoms with Crippen LogP contribution in [0.5, 0.6) is 0 Å². The van der Waals surface area contributed by atoms with E-state index in [1.165, 1.54) is 0 Å². The van der Waals surface area contributed by atoms with Gasteiger partial charge in [-0.3, -0.25) is 14.9 Å². The van der Waals surface area contributed by atoms with Crippen LogP contribution in [0.3, 0.4) is 0 Å². The Morgan fingerprint density at radius 1 is 1.27 bits per heavy atom. The number of carbonyl (C=O) groups excluding carboxylic acids is 2. The number of hydrogen-bond donors (Lipinski definition) is 1. The average molecular weight is 153 g/mol. The van der Waals surface area contributed by atoms with Crippen LogP contribution in [0.15, 0.2) is 11.1 Å². The summed E-state index contributed by atoms with van der Waals surface area (Å²) in [6, 6.07) is 0. The fourth-order valence-electron chi connectivity index (χ4n) is 1.01. The molecule has 0 aliphatic carbocycles. The first-order chi connectivity index (χ1) is 5.04. The van der Waals surface area contributed by atoms with Crippen LogP contribution >= 0.6 is 0 Å². The van der Waals surface area contributed by atoms with Crippen molar-refractivity contribution in [2.45, 2.75) is 20.8 Å². The molecule has 1 unspecified atom stereocenters. The topological polar surface area (TPSA) is 46.2 Å². The van der Waals surface area contributed by atoms with Crippen LogP contribution in [-0.2, 0) is 9.59 Å². The van der Waals surface area contributed by atoms with E-state index in [1.54, 1.807) is 13.8 Å². The minimum atomic E-state index is -0.259. The largest absolute Gasteiger partial charge is 0.292 e. The van der Waals surface area contributed by atoms with E-state index in [2.05, 4.69) is 5.32 Å². The number of imide groups is 1. The summed E-state index contributed by atoms with van der Waals surface area (Å²) in [4.78, 5) is 22.0. The summed E-state index contributed by atoms with van der Waals surface area (Å²) in [5.41, 5.74) is 1.54. The van der Waals surface area contributed by atoms with Gasteiger partial charge in [-0.25, -0.2) is 0 Å². The van der Waals surface area contributed by atoms with Gasteiger partial charge in [-0.2, -0.15) is 0 Å². The molecular formula is C8H11NO2. The summed E-state index contributed by atoms with van der Waals surface area (Å²) in [7, 11) is 0. The fourth-order valence-corrected chi connectivity index (χ4v) is 1.01. The summed E-state index contributed by atoms with van der Waals surface area (Å²) in [5.74, 6) is -0.614. The van der Waals surface area contributed by atoms with Gasteiger partial charge in [0.25, 0.3) is 5.91 Å². The second-order valence-electron chi connectivity index (χ2n) is 2.85. The van der Waals surface area contributed by atoms with E-state index in [0.29, 0.717) is 5.57 Å². The highest BCUT2D eigenvalue weighted by Gasteiger charge is 2.26. The Morgan fingerprint density at radius 3 is 2.36 bits per heavy atom. The zero-order chi connectivity index (χ0) is 8.59. The molecule has 0 bridgehead atoms. The lowest BCUT2D eigenvalue weighted by Gasteiger charge is -2.19. The second kappa shape index (κ2) is 2.49. The molecule has 0 spiro atoms. The molecule has 1 aliphatic rings. The molecule has 0 aromatic heterocycles. The SMILES string of the molecule is CC1=C(C)C(C)C(=O)NC1=O. The number of hydrogen-bond acceptors (Lipinski definition) is 2. The Bertz CT molecular complexity index is 253. The molecule has 3 nitrogen and oxygen atoms in total. The third-order valence-corrected chi connectivity index (χ3v) is 2.21. The van der Waals surface area contributed by atoms with Crippen molar-refractivity contribution in [3.8, 4) is 0 Å². The minimum absolute atomic E-state index is 0.160. The third kappa shape index (κ3) is 1.18. The van der Waals surface area contributed by atoms with Gasteiger partial charge in [0, 0.05) is 5.57 Å². The van der Waals surface area contributed by atoms with Crippen LogP contribution in [0.1, 0.15) is 20.8 Å². The van der Waals surface area contributed by atoms with Crippen LogP contribution in [0.4, 0.5) is 0 Å². The van der Waals surface area contributed by atoms with E-state index in [9.17, 15) is 9.59 Å². The van der Waals surface area contributed by atoms with Gasteiger partial charge in [0.1, 0.15) is 0 Å². The highest BCUT2D eigenvalue weighted by atomic mass is 16.2. The van der Waals surface area contributed by atoms with Gasteiger partial charge in [-0.15, -0.1) is 0 Å². The minimum Gasteiger partial charge on any atom is -0.292 e. The summed E-state index contributed by atoms with van der Waals surface area (Å²) in [6.07, 6.45) is 0. The zero-order valence-electron chi connectivity index (χ0n) is 6.89. The highest BCUT2D eigenvalue weighted by molar-refractivity contribution is 6.08. The molecule has 1 heterocycles. The van der Waals surface area contributed by atoms with E-state index in [0.717, 1.165) is 5.57 Å². The van der Waals surface area contributed by atoms with Crippen molar-refractivity contribution in [2.75, 3.05) is 0 Å². The Hall–Kier alpha value is -1.12. The van der Waals surface area contributed by atoms with E-state index in [1.807, 2.05) is 6.92 Å². The van der Waals surface area contributed by atoms with Crippen molar-refractivity contribution >= 4 is 11.8 Å². The van der Waals surface area contributed by atoms with Gasteiger partial charge in [0.05, 0.1) is 5.92 Å². The molecule has 0 radical (unpaired) electrons. The molecule has 1 atom stereocenters. The first-order valence-electron chi connectivity index (χ1n) is 3.56. The maximum atomic E-state index is 11.0. The van der Waals surface area contributed by atoms with Crippen LogP contribution in [-0.4, -0.2) is 11.8 Å². The molecule has 2 amide bonds. The normalized spacial score (nSPS) is 25.5. The predicted octanol–water partition coefficient (Wildman–Crippen LogP) is 0.615. The van der Waals surface area contributed by atoms with E-state index in [-0.39, 0.29) is 17.7 Å². The predicted molar refractivity (Wildman–Crippen MR) is 40.7 cm³/mol. The van der Waals surface area contributed by atoms with Crippen molar-refractivity contribution < 1.29 is 9.59 Å². The molecule has 60 valence electrons. The van der Waals surface area contributed by atoms with Crippen LogP contribution in [0.25, 0.3) is 0 Å². The molecule has 0 aromatic carbocycles. The average Bonchev–Trinajstić information content (AvgIpc) is 1.97. The Balaban J connectivity index is 3.08. The Morgan fingerprint density at radius 2 is 1.82 bits per heavy atom. The van der Waals surface area contributed by atoms with Gasteiger partial charge in [0.15, 0.2) is 0 Å². The standard InChI is InChI=1S/C8H11NO2/c1-4-5(2)7(10)9-8(11)6(4)3/h5H,1-3H3,(H,9,10,11). The quantitative estimate of drug-likeness (QED) is 0.518. The van der Waals surface area contributed by atoms with Gasteiger partial charge >= 0.3 is 0 Å². The van der Waals surface area contributed by atoms with Crippen molar-refractivity contribution in [2.24, 2.45) is 5.92 Å². The molecule has 1 rings (SSSR count). The highest BCUT2D eigenvalue weighted by Crippen LogP contribution is 2.18. The van der Waals surface area contributed by atoms with Crippen molar-refractivity contribution in [1.29, 1.82) is 0 Å². The molecule has 0 aromatic rings. The number of amides is 2. The molecular weight excluding hydrogens is 142 g/mol. The van der Waals surface area contributed by atoms with Gasteiger partial charge in [-0.1, -0.05) is 5.57 Å². The number of carbonyl (C=O) groups is 2. The van der Waals surface area contributed by atoms with E-state index < -0.39 is 0 Å². The lowest BCUT2D eigenvalue weighted by Crippen LogP contribution is -2.40. The summed E-state index contributed by atoms with van der Waals surface area (Å²) >= 11 is 0. The van der Waals surface area contributed by atoms with Gasteiger partial charge < -0.3 is 0 Å². The van der Waals surface area contributed by atoms with Crippen LogP contribution in [0, 0.1) is 5.92 Å². The van der Waals surface area contributed by atoms with E-state index >= 15 is 0 Å². The van der Waals surface area contributed by atoms with Gasteiger partial charge in [0.2, 0.25) is 5.91 Å². The van der Waals surface area contributed by atoms with Crippen LogP contribution < -0.4 is 5.32 Å². The van der Waals surface area contributed by atoms with Crippen LogP contribution in [0.2, 0.25) is 0 Å². The molecule has 0 saturated heterocycles. The van der Waals surface area contributed by atoms with E-state index in [4.69, 9.17) is 0 Å². The number of nitrogens with one attached hydrogen (secondary N) is 1. The van der Waals surface area contributed by atoms with Crippen molar-refractivity contribution in [3.05, 3.63) is 11.1 Å². The second-order valence-corrected chi connectivity index (χ2v) is 2.85. The maximum absolute atomic E-state index is 11.0. The molecule has 11 heavy (non-hydrogen) atoms. The van der Waals surface area contributed by atoms with Crippen molar-refractivity contribution in [3.63, 3.8) is 0 Å². The third-order valence-electron chi connectivity index (χ3n) is 2.21. The molecule has 3 heteroatoms. The molecule has 1 N–H and O–H groups in total. The molecule has 0 fully saturated rings. The summed E-state index contributed by atoms with van der Waals surface area (Å²) in [5, 5.41) is 2.27. The van der Waals surface area contributed by atoms with Gasteiger partial charge in [-0.05, 0) is 20.8 Å². The fraction of sp³-hybridized carbons (Fsp3) is 0.500. The lowest BCUT2D eigenvalue weighted by atomic mass is 9.93. The Kier molecular flexibility index (Phi) is 1.81. The molecule has 1 aliphatic heterocycles. The summed E-state index contributed by atoms with van der Waals surface area (Å²) < 4.78 is 0. The smallest absolute Gasteiger partial charge is 0.253 e. The Labute approximate surface area is 65.5 Å². The first-order valence-corrected chi connectivity index (χ1v) is 3.56. The lowest BCUT2D eigenvalue weighted by molar-refractivity contribution is -0.131. The monoisotopic (exact) mass is 153 g/mol. The maximum Gasteiger partial charge on any atom is 0.253 e. The number of rotatable bonds is 0. The van der Waals surface area contributed by atoms with Crippen molar-refractivity contribution in [1.82, 2.24) is 5.32 Å². The summed E-state index contributed by atoms with van der Waals surface area (Å²) in [6.45, 7) is 5.34. The first kappa shape index (κ1) is 7.98. The zero-order valence-corrected chi connectivity index (χ0v) is 6.89.